The number of benzene rings is 2. The molecular formula is C21H20N6O. The van der Waals surface area contributed by atoms with E-state index in [9.17, 15) is 4.79 Å². The summed E-state index contributed by atoms with van der Waals surface area (Å²) >= 11 is 0. The second-order valence-electron chi connectivity index (χ2n) is 6.79. The van der Waals surface area contributed by atoms with Crippen LogP contribution in [0.5, 0.6) is 0 Å². The third-order valence-electron chi connectivity index (χ3n) is 4.44. The van der Waals surface area contributed by atoms with Gasteiger partial charge in [0.25, 0.3) is 11.5 Å². The van der Waals surface area contributed by atoms with Crippen molar-refractivity contribution in [1.82, 2.24) is 19.6 Å². The van der Waals surface area contributed by atoms with E-state index in [4.69, 9.17) is 0 Å². The largest absolute Gasteiger partial charge is 0.378 e. The maximum Gasteiger partial charge on any atom is 0.270 e. The van der Waals surface area contributed by atoms with Crippen LogP contribution in [0.15, 0.2) is 64.5 Å². The summed E-state index contributed by atoms with van der Waals surface area (Å²) < 4.78 is 1.54. The smallest absolute Gasteiger partial charge is 0.270 e. The van der Waals surface area contributed by atoms with Crippen LogP contribution >= 0.6 is 0 Å². The van der Waals surface area contributed by atoms with E-state index in [-0.39, 0.29) is 11.5 Å². The molecule has 0 saturated carbocycles. The predicted octanol–water partition coefficient (Wildman–Crippen LogP) is 3.21. The molecule has 0 aliphatic carbocycles. The number of hydrogen-bond donors (Lipinski definition) is 1. The first-order chi connectivity index (χ1) is 13.5. The van der Waals surface area contributed by atoms with Crippen molar-refractivity contribution in [1.29, 1.82) is 0 Å². The Balaban J connectivity index is 1.64. The molecule has 4 rings (SSSR count). The number of aliphatic imine (C=N–C) groups is 1. The fraction of sp³-hybridized carbons (Fsp3) is 0.143. The molecule has 2 aromatic heterocycles. The van der Waals surface area contributed by atoms with Crippen LogP contribution in [-0.4, -0.2) is 39.9 Å². The molecule has 7 heteroatoms. The van der Waals surface area contributed by atoms with Gasteiger partial charge in [-0.1, -0.05) is 42.0 Å². The SMILES string of the molecule is Cc1ccc(-c2cn3nc(/N=C/c4ccc(N(C)C)cc4)nc3[nH]c2=O)cc1. The summed E-state index contributed by atoms with van der Waals surface area (Å²) in [5.41, 5.74) is 4.35. The molecule has 0 amide bonds. The van der Waals surface area contributed by atoms with Crippen LogP contribution in [0.3, 0.4) is 0 Å². The standard InChI is InChI=1S/C21H20N6O/c1-14-4-8-16(9-5-14)18-13-27-21(23-19(18)28)24-20(25-27)22-12-15-6-10-17(11-7-15)26(2)3/h4-13H,1-3H3,(H,23,24,25,28)/b22-12+. The number of aromatic nitrogens is 4. The summed E-state index contributed by atoms with van der Waals surface area (Å²) in [4.78, 5) is 25.8. The number of rotatable bonds is 4. The van der Waals surface area contributed by atoms with Gasteiger partial charge in [-0.05, 0) is 30.2 Å². The Morgan fingerprint density at radius 2 is 1.79 bits per heavy atom. The van der Waals surface area contributed by atoms with E-state index in [0.29, 0.717) is 11.3 Å². The van der Waals surface area contributed by atoms with Crippen molar-refractivity contribution in [2.24, 2.45) is 4.99 Å². The van der Waals surface area contributed by atoms with Crippen molar-refractivity contribution < 1.29 is 0 Å². The fourth-order valence-corrected chi connectivity index (χ4v) is 2.82. The molecule has 0 spiro atoms. The number of anilines is 1. The van der Waals surface area contributed by atoms with Crippen molar-refractivity contribution in [2.45, 2.75) is 6.92 Å². The summed E-state index contributed by atoms with van der Waals surface area (Å²) in [5, 5.41) is 4.35. The molecule has 0 bridgehead atoms. The number of aryl methyl sites for hydroxylation is 1. The number of aromatic amines is 1. The first-order valence-electron chi connectivity index (χ1n) is 8.88. The van der Waals surface area contributed by atoms with Crippen LogP contribution in [0.1, 0.15) is 11.1 Å². The van der Waals surface area contributed by atoms with Crippen molar-refractivity contribution in [3.63, 3.8) is 0 Å². The van der Waals surface area contributed by atoms with Crippen LogP contribution in [-0.2, 0) is 0 Å². The Morgan fingerprint density at radius 3 is 2.46 bits per heavy atom. The highest BCUT2D eigenvalue weighted by molar-refractivity contribution is 5.82. The Kier molecular flexibility index (Phi) is 4.49. The number of nitrogens with one attached hydrogen (secondary N) is 1. The molecule has 0 atom stereocenters. The molecule has 0 saturated heterocycles. The van der Waals surface area contributed by atoms with Crippen LogP contribution in [0.2, 0.25) is 0 Å². The van der Waals surface area contributed by atoms with Crippen molar-refractivity contribution in [2.75, 3.05) is 19.0 Å². The molecule has 28 heavy (non-hydrogen) atoms. The highest BCUT2D eigenvalue weighted by Crippen LogP contribution is 2.17. The van der Waals surface area contributed by atoms with E-state index >= 15 is 0 Å². The first kappa shape index (κ1) is 17.7. The lowest BCUT2D eigenvalue weighted by Crippen LogP contribution is -2.11. The second kappa shape index (κ2) is 7.11. The van der Waals surface area contributed by atoms with Gasteiger partial charge in [0.2, 0.25) is 5.78 Å². The van der Waals surface area contributed by atoms with Gasteiger partial charge in [-0.15, -0.1) is 5.10 Å². The van der Waals surface area contributed by atoms with E-state index < -0.39 is 0 Å². The van der Waals surface area contributed by atoms with Crippen LogP contribution in [0, 0.1) is 6.92 Å². The summed E-state index contributed by atoms with van der Waals surface area (Å²) in [5.74, 6) is 0.643. The van der Waals surface area contributed by atoms with Gasteiger partial charge in [-0.3, -0.25) is 9.78 Å². The number of fused-ring (bicyclic) bond motifs is 1. The molecule has 2 heterocycles. The van der Waals surface area contributed by atoms with Crippen molar-refractivity contribution in [3.05, 3.63) is 76.2 Å². The third kappa shape index (κ3) is 3.55. The zero-order valence-electron chi connectivity index (χ0n) is 15.9. The molecular weight excluding hydrogens is 352 g/mol. The van der Waals surface area contributed by atoms with E-state index in [1.54, 1.807) is 16.9 Å². The molecule has 0 radical (unpaired) electrons. The Morgan fingerprint density at radius 1 is 1.07 bits per heavy atom. The number of H-pyrrole nitrogens is 1. The first-order valence-corrected chi connectivity index (χ1v) is 8.88. The molecule has 7 nitrogen and oxygen atoms in total. The molecule has 0 aliphatic rings. The average Bonchev–Trinajstić information content (AvgIpc) is 3.08. The second-order valence-corrected chi connectivity index (χ2v) is 6.79. The Bertz CT molecular complexity index is 1200. The normalized spacial score (nSPS) is 11.4. The highest BCUT2D eigenvalue weighted by atomic mass is 16.1. The van der Waals surface area contributed by atoms with Crippen LogP contribution < -0.4 is 10.5 Å². The van der Waals surface area contributed by atoms with Crippen LogP contribution in [0.4, 0.5) is 11.6 Å². The van der Waals surface area contributed by atoms with Gasteiger partial charge in [-0.25, -0.2) is 9.51 Å². The Hall–Kier alpha value is -3.74. The highest BCUT2D eigenvalue weighted by Gasteiger charge is 2.09. The molecule has 1 N–H and O–H groups in total. The maximum atomic E-state index is 12.4. The molecule has 0 aliphatic heterocycles. The van der Waals surface area contributed by atoms with Crippen molar-refractivity contribution in [3.8, 4) is 11.1 Å². The average molecular weight is 372 g/mol. The summed E-state index contributed by atoms with van der Waals surface area (Å²) in [6.45, 7) is 2.01. The van der Waals surface area contributed by atoms with Crippen LogP contribution in [0.25, 0.3) is 16.9 Å². The van der Waals surface area contributed by atoms with Crippen molar-refractivity contribution >= 4 is 23.6 Å². The monoisotopic (exact) mass is 372 g/mol. The molecule has 4 aromatic rings. The van der Waals surface area contributed by atoms with Gasteiger partial charge in [-0.2, -0.15) is 4.98 Å². The molecule has 0 fully saturated rings. The quantitative estimate of drug-likeness (QED) is 0.558. The summed E-state index contributed by atoms with van der Waals surface area (Å²) in [6, 6.07) is 15.8. The van der Waals surface area contributed by atoms with Gasteiger partial charge in [0.15, 0.2) is 0 Å². The molecule has 0 unspecified atom stereocenters. The minimum atomic E-state index is -0.210. The molecule has 140 valence electrons. The molecule has 2 aromatic carbocycles. The van der Waals surface area contributed by atoms with E-state index in [0.717, 1.165) is 22.4 Å². The van der Waals surface area contributed by atoms with E-state index in [1.807, 2.05) is 74.4 Å². The minimum absolute atomic E-state index is 0.210. The predicted molar refractivity (Wildman–Crippen MR) is 112 cm³/mol. The number of hydrogen-bond acceptors (Lipinski definition) is 5. The number of nitrogens with zero attached hydrogens (tertiary/aromatic N) is 5. The third-order valence-corrected chi connectivity index (χ3v) is 4.44. The zero-order chi connectivity index (χ0) is 19.7. The van der Waals surface area contributed by atoms with E-state index in [1.165, 1.54) is 0 Å². The lowest BCUT2D eigenvalue weighted by atomic mass is 10.1. The van der Waals surface area contributed by atoms with Gasteiger partial charge in [0, 0.05) is 32.2 Å². The fourth-order valence-electron chi connectivity index (χ4n) is 2.82. The lowest BCUT2D eigenvalue weighted by molar-refractivity contribution is 0.932. The van der Waals surface area contributed by atoms with Gasteiger partial charge in [0.05, 0.1) is 5.56 Å². The zero-order valence-corrected chi connectivity index (χ0v) is 15.9. The summed E-state index contributed by atoms with van der Waals surface area (Å²) in [6.07, 6.45) is 3.38. The Labute approximate surface area is 162 Å². The lowest BCUT2D eigenvalue weighted by Gasteiger charge is -2.11. The topological polar surface area (TPSA) is 78.7 Å². The summed E-state index contributed by atoms with van der Waals surface area (Å²) in [7, 11) is 3.99. The minimum Gasteiger partial charge on any atom is -0.378 e. The maximum absolute atomic E-state index is 12.4. The van der Waals surface area contributed by atoms with Gasteiger partial charge < -0.3 is 4.90 Å². The van der Waals surface area contributed by atoms with Gasteiger partial charge >= 0.3 is 0 Å². The van der Waals surface area contributed by atoms with Gasteiger partial charge in [0.1, 0.15) is 0 Å². The van der Waals surface area contributed by atoms with E-state index in [2.05, 4.69) is 20.1 Å².